The van der Waals surface area contributed by atoms with Gasteiger partial charge < -0.3 is 15.0 Å². The van der Waals surface area contributed by atoms with E-state index in [0.29, 0.717) is 24.0 Å². The second-order valence-corrected chi connectivity index (χ2v) is 7.43. The number of nitrogens with one attached hydrogen (secondary N) is 1. The van der Waals surface area contributed by atoms with Crippen LogP contribution in [0.2, 0.25) is 0 Å². The van der Waals surface area contributed by atoms with Crippen molar-refractivity contribution in [3.63, 3.8) is 0 Å². The Balaban J connectivity index is 1.92. The summed E-state index contributed by atoms with van der Waals surface area (Å²) in [4.78, 5) is 25.7. The molecule has 1 aliphatic rings. The number of hydrogen-bond acceptors (Lipinski definition) is 3. The van der Waals surface area contributed by atoms with Crippen molar-refractivity contribution in [2.45, 2.75) is 38.8 Å². The number of halogens is 2. The molecule has 1 N–H and O–H groups in total. The number of rotatable bonds is 2. The molecule has 1 atom stereocenters. The van der Waals surface area contributed by atoms with Crippen LogP contribution in [0.4, 0.5) is 9.18 Å². The number of likely N-dealkylation sites (tertiary alicyclic amines) is 1. The molecule has 0 bridgehead atoms. The van der Waals surface area contributed by atoms with E-state index in [0.717, 1.165) is 0 Å². The average Bonchev–Trinajstić information content (AvgIpc) is 2.85. The fourth-order valence-corrected chi connectivity index (χ4v) is 2.64. The first-order chi connectivity index (χ1) is 10.7. The van der Waals surface area contributed by atoms with Gasteiger partial charge in [0.2, 0.25) is 0 Å². The predicted molar refractivity (Wildman–Crippen MR) is 87.8 cm³/mol. The zero-order valence-corrected chi connectivity index (χ0v) is 14.9. The highest BCUT2D eigenvalue weighted by atomic mass is 79.9. The third kappa shape index (κ3) is 4.92. The highest BCUT2D eigenvalue weighted by Crippen LogP contribution is 2.18. The van der Waals surface area contributed by atoms with Gasteiger partial charge in [-0.2, -0.15) is 0 Å². The van der Waals surface area contributed by atoms with Gasteiger partial charge in [0, 0.05) is 23.6 Å². The number of benzene rings is 1. The van der Waals surface area contributed by atoms with Crippen LogP contribution in [0.15, 0.2) is 22.7 Å². The second-order valence-electron chi connectivity index (χ2n) is 6.51. The van der Waals surface area contributed by atoms with Crippen LogP contribution < -0.4 is 5.32 Å². The lowest BCUT2D eigenvalue weighted by molar-refractivity contribution is 0.0290. The zero-order chi connectivity index (χ0) is 17.2. The summed E-state index contributed by atoms with van der Waals surface area (Å²) in [6.07, 6.45) is 0.215. The topological polar surface area (TPSA) is 58.6 Å². The molecule has 1 aromatic carbocycles. The summed E-state index contributed by atoms with van der Waals surface area (Å²) in [5.41, 5.74) is -0.567. The lowest BCUT2D eigenvalue weighted by atomic mass is 10.1. The lowest BCUT2D eigenvalue weighted by Gasteiger charge is -2.24. The Labute approximate surface area is 143 Å². The van der Waals surface area contributed by atoms with Gasteiger partial charge in [-0.05, 0) is 45.4 Å². The van der Waals surface area contributed by atoms with Crippen molar-refractivity contribution in [1.29, 1.82) is 0 Å². The Bertz CT molecular complexity index is 616. The molecule has 126 valence electrons. The number of nitrogens with zero attached hydrogens (tertiary/aromatic N) is 1. The van der Waals surface area contributed by atoms with Crippen LogP contribution in [0.3, 0.4) is 0 Å². The fourth-order valence-electron chi connectivity index (χ4n) is 2.31. The average molecular weight is 387 g/mol. The van der Waals surface area contributed by atoms with Crippen LogP contribution in [0.1, 0.15) is 37.6 Å². The molecule has 0 unspecified atom stereocenters. The molecule has 7 heteroatoms. The van der Waals surface area contributed by atoms with E-state index < -0.39 is 23.4 Å². The molecule has 2 amide bonds. The smallest absolute Gasteiger partial charge is 0.410 e. The Morgan fingerprint density at radius 1 is 1.39 bits per heavy atom. The molecule has 2 rings (SSSR count). The van der Waals surface area contributed by atoms with E-state index in [1.807, 2.05) is 0 Å². The van der Waals surface area contributed by atoms with Gasteiger partial charge in [0.1, 0.15) is 11.4 Å². The van der Waals surface area contributed by atoms with Gasteiger partial charge in [-0.25, -0.2) is 9.18 Å². The first-order valence-corrected chi connectivity index (χ1v) is 8.19. The van der Waals surface area contributed by atoms with Crippen molar-refractivity contribution < 1.29 is 18.7 Å². The van der Waals surface area contributed by atoms with E-state index in [2.05, 4.69) is 21.2 Å². The molecule has 1 aliphatic heterocycles. The molecule has 1 heterocycles. The van der Waals surface area contributed by atoms with Crippen LogP contribution in [0.25, 0.3) is 0 Å². The summed E-state index contributed by atoms with van der Waals surface area (Å²) in [6.45, 7) is 6.27. The quantitative estimate of drug-likeness (QED) is 0.847. The maximum absolute atomic E-state index is 13.8. The van der Waals surface area contributed by atoms with Gasteiger partial charge in [-0.15, -0.1) is 0 Å². The minimum absolute atomic E-state index is 0.0103. The monoisotopic (exact) mass is 386 g/mol. The molecular formula is C16H20BrFN2O3. The van der Waals surface area contributed by atoms with Crippen molar-refractivity contribution >= 4 is 27.9 Å². The summed E-state index contributed by atoms with van der Waals surface area (Å²) in [6, 6.07) is 4.07. The molecule has 1 aromatic rings. The number of carbonyl (C=O) groups is 2. The van der Waals surface area contributed by atoms with Gasteiger partial charge in [-0.1, -0.05) is 15.9 Å². The van der Waals surface area contributed by atoms with Crippen molar-refractivity contribution in [3.8, 4) is 0 Å². The molecule has 5 nitrogen and oxygen atoms in total. The van der Waals surface area contributed by atoms with Gasteiger partial charge in [-0.3, -0.25) is 4.79 Å². The number of carbonyl (C=O) groups excluding carboxylic acids is 2. The predicted octanol–water partition coefficient (Wildman–Crippen LogP) is 3.33. The SMILES string of the molecule is CC(C)(C)OC(=O)N1CC[C@@H](NC(=O)c2ccc(Br)cc2F)C1. The first kappa shape index (κ1) is 17.7. The van der Waals surface area contributed by atoms with Crippen molar-refractivity contribution in [2.75, 3.05) is 13.1 Å². The van der Waals surface area contributed by atoms with Crippen LogP contribution in [-0.4, -0.2) is 41.6 Å². The minimum Gasteiger partial charge on any atom is -0.444 e. The van der Waals surface area contributed by atoms with E-state index in [4.69, 9.17) is 4.74 Å². The van der Waals surface area contributed by atoms with Gasteiger partial charge in [0.05, 0.1) is 5.56 Å². The maximum Gasteiger partial charge on any atom is 0.410 e. The molecule has 1 fully saturated rings. The zero-order valence-electron chi connectivity index (χ0n) is 13.4. The number of amides is 2. The summed E-state index contributed by atoms with van der Waals surface area (Å²) >= 11 is 3.15. The highest BCUT2D eigenvalue weighted by Gasteiger charge is 2.31. The summed E-state index contributed by atoms with van der Waals surface area (Å²) < 4.78 is 19.7. The van der Waals surface area contributed by atoms with Gasteiger partial charge in [0.15, 0.2) is 0 Å². The van der Waals surface area contributed by atoms with Crippen molar-refractivity contribution in [3.05, 3.63) is 34.1 Å². The summed E-state index contributed by atoms with van der Waals surface area (Å²) in [5.74, 6) is -1.06. The third-order valence-electron chi connectivity index (χ3n) is 3.35. The maximum atomic E-state index is 13.8. The molecule has 0 radical (unpaired) electrons. The Kier molecular flexibility index (Phi) is 5.29. The van der Waals surface area contributed by atoms with E-state index in [-0.39, 0.29) is 11.6 Å². The van der Waals surface area contributed by atoms with Crippen LogP contribution in [0, 0.1) is 5.82 Å². The third-order valence-corrected chi connectivity index (χ3v) is 3.84. The normalized spacial score (nSPS) is 18.0. The van der Waals surface area contributed by atoms with E-state index in [1.54, 1.807) is 31.7 Å². The van der Waals surface area contributed by atoms with E-state index >= 15 is 0 Å². The van der Waals surface area contributed by atoms with E-state index in [1.165, 1.54) is 12.1 Å². The molecule has 23 heavy (non-hydrogen) atoms. The molecular weight excluding hydrogens is 367 g/mol. The molecule has 0 spiro atoms. The minimum atomic E-state index is -0.584. The Morgan fingerprint density at radius 3 is 2.70 bits per heavy atom. The summed E-state index contributed by atoms with van der Waals surface area (Å²) in [5, 5.41) is 2.76. The molecule has 0 aromatic heterocycles. The van der Waals surface area contributed by atoms with Gasteiger partial charge >= 0.3 is 6.09 Å². The Morgan fingerprint density at radius 2 is 2.09 bits per heavy atom. The number of hydrogen-bond donors (Lipinski definition) is 1. The van der Waals surface area contributed by atoms with Gasteiger partial charge in [0.25, 0.3) is 5.91 Å². The molecule has 0 aliphatic carbocycles. The van der Waals surface area contributed by atoms with Crippen molar-refractivity contribution in [2.24, 2.45) is 0 Å². The largest absolute Gasteiger partial charge is 0.444 e. The van der Waals surface area contributed by atoms with Crippen LogP contribution >= 0.6 is 15.9 Å². The first-order valence-electron chi connectivity index (χ1n) is 7.39. The Hall–Kier alpha value is -1.63. The standard InChI is InChI=1S/C16H20BrFN2O3/c1-16(2,3)23-15(22)20-7-6-11(9-20)19-14(21)12-5-4-10(17)8-13(12)18/h4-5,8,11H,6-7,9H2,1-3H3,(H,19,21)/t11-/m1/s1. The highest BCUT2D eigenvalue weighted by molar-refractivity contribution is 9.10. The second kappa shape index (κ2) is 6.86. The molecule has 0 saturated carbocycles. The summed E-state index contributed by atoms with van der Waals surface area (Å²) in [7, 11) is 0. The number of ether oxygens (including phenoxy) is 1. The lowest BCUT2D eigenvalue weighted by Crippen LogP contribution is -2.40. The fraction of sp³-hybridized carbons (Fsp3) is 0.500. The van der Waals surface area contributed by atoms with Crippen molar-refractivity contribution in [1.82, 2.24) is 10.2 Å². The van der Waals surface area contributed by atoms with E-state index in [9.17, 15) is 14.0 Å². The molecule has 1 saturated heterocycles. The van der Waals surface area contributed by atoms with Crippen LogP contribution in [-0.2, 0) is 4.74 Å². The van der Waals surface area contributed by atoms with Crippen LogP contribution in [0.5, 0.6) is 0 Å².